The van der Waals surface area contributed by atoms with E-state index in [0.717, 1.165) is 27.8 Å². The van der Waals surface area contributed by atoms with Gasteiger partial charge in [-0.1, -0.05) is 56.7 Å². The Labute approximate surface area is 209 Å². The summed E-state index contributed by atoms with van der Waals surface area (Å²) >= 11 is 0. The molecule has 2 unspecified atom stereocenters. The van der Waals surface area contributed by atoms with Crippen LogP contribution in [0.25, 0.3) is 17.2 Å². The van der Waals surface area contributed by atoms with Crippen molar-refractivity contribution in [1.29, 1.82) is 0 Å². The molecule has 0 spiro atoms. The number of halogens is 1. The highest BCUT2D eigenvalue weighted by Crippen LogP contribution is 2.37. The normalized spacial score (nSPS) is 14.3. The van der Waals surface area contributed by atoms with Crippen LogP contribution in [-0.2, 0) is 15.8 Å². The molecule has 2 atom stereocenters. The molecule has 2 aromatic rings. The van der Waals surface area contributed by atoms with E-state index in [1.165, 1.54) is 6.07 Å². The van der Waals surface area contributed by atoms with Crippen LogP contribution in [0, 0.1) is 19.7 Å². The Morgan fingerprint density at radius 2 is 1.80 bits per heavy atom. The quantitative estimate of drug-likeness (QED) is 0.335. The highest BCUT2D eigenvalue weighted by atomic mass is 28.4. The first kappa shape index (κ1) is 28.9. The van der Waals surface area contributed by atoms with Gasteiger partial charge in [-0.2, -0.15) is 0 Å². The van der Waals surface area contributed by atoms with Crippen molar-refractivity contribution in [2.24, 2.45) is 0 Å². The van der Waals surface area contributed by atoms with Crippen molar-refractivity contribution in [2.75, 3.05) is 0 Å². The van der Waals surface area contributed by atoms with E-state index in [1.807, 2.05) is 32.0 Å². The lowest BCUT2D eigenvalue weighted by atomic mass is 9.92. The van der Waals surface area contributed by atoms with Crippen LogP contribution < -0.4 is 0 Å². The molecule has 0 aliphatic heterocycles. The summed E-state index contributed by atoms with van der Waals surface area (Å²) in [7, 11) is -2.05. The number of aryl methyl sites for hydroxylation is 2. The number of carboxylic acids is 1. The van der Waals surface area contributed by atoms with E-state index in [1.54, 1.807) is 18.2 Å². The molecule has 192 valence electrons. The second-order valence-electron chi connectivity index (χ2n) is 10.8. The van der Waals surface area contributed by atoms with Crippen LogP contribution in [0.2, 0.25) is 18.1 Å². The van der Waals surface area contributed by atoms with Crippen molar-refractivity contribution >= 4 is 20.4 Å². The van der Waals surface area contributed by atoms with Gasteiger partial charge in [0.1, 0.15) is 5.82 Å². The molecule has 0 saturated heterocycles. The first-order valence-corrected chi connectivity index (χ1v) is 14.8. The topological polar surface area (TPSA) is 87.0 Å². The minimum Gasteiger partial charge on any atom is -0.481 e. The minimum absolute atomic E-state index is 0.0194. The molecule has 7 heteroatoms. The average molecular weight is 503 g/mol. The lowest BCUT2D eigenvalue weighted by Crippen LogP contribution is -2.40. The third-order valence-electron chi connectivity index (χ3n) is 6.69. The van der Waals surface area contributed by atoms with Crippen LogP contribution in [0.4, 0.5) is 4.39 Å². The molecule has 2 rings (SSSR count). The van der Waals surface area contributed by atoms with Crippen molar-refractivity contribution in [3.8, 4) is 11.1 Å². The molecule has 35 heavy (non-hydrogen) atoms. The second-order valence-corrected chi connectivity index (χ2v) is 15.6. The van der Waals surface area contributed by atoms with Crippen LogP contribution in [0.1, 0.15) is 55.9 Å². The van der Waals surface area contributed by atoms with Gasteiger partial charge in [-0.25, -0.2) is 4.39 Å². The molecule has 0 radical (unpaired) electrons. The lowest BCUT2D eigenvalue weighted by molar-refractivity contribution is -0.139. The van der Waals surface area contributed by atoms with Crippen molar-refractivity contribution in [3.63, 3.8) is 0 Å². The lowest BCUT2D eigenvalue weighted by Gasteiger charge is -2.36. The van der Waals surface area contributed by atoms with Gasteiger partial charge in [0.15, 0.2) is 8.32 Å². The third kappa shape index (κ3) is 8.10. The van der Waals surface area contributed by atoms with E-state index in [9.17, 15) is 19.4 Å². The molecule has 0 aliphatic carbocycles. The predicted molar refractivity (Wildman–Crippen MR) is 141 cm³/mol. The zero-order valence-corrected chi connectivity index (χ0v) is 22.9. The first-order chi connectivity index (χ1) is 16.1. The van der Waals surface area contributed by atoms with Crippen molar-refractivity contribution < 1.29 is 28.9 Å². The van der Waals surface area contributed by atoms with Gasteiger partial charge in [0.2, 0.25) is 0 Å². The summed E-state index contributed by atoms with van der Waals surface area (Å²) in [6.45, 7) is 14.9. The SMILES string of the molecule is Cc1cc(C)c(/C=C/C(O)CC(O)CC(=O)O)c(-c2ccc(F)c(CO[Si](C)(C)C(C)(C)C)c2)c1. The predicted octanol–water partition coefficient (Wildman–Crippen LogP) is 6.23. The molecule has 0 heterocycles. The van der Waals surface area contributed by atoms with Crippen molar-refractivity contribution in [3.05, 3.63) is 64.5 Å². The minimum atomic E-state index is -2.05. The number of aliphatic hydroxyl groups excluding tert-OH is 2. The summed E-state index contributed by atoms with van der Waals surface area (Å²) in [5, 5.41) is 28.9. The summed E-state index contributed by atoms with van der Waals surface area (Å²) in [4.78, 5) is 10.8. The number of benzene rings is 2. The summed E-state index contributed by atoms with van der Waals surface area (Å²) in [6, 6.07) is 9.07. The van der Waals surface area contributed by atoms with E-state index in [0.29, 0.717) is 5.56 Å². The zero-order chi connectivity index (χ0) is 26.6. The van der Waals surface area contributed by atoms with E-state index in [2.05, 4.69) is 33.9 Å². The Morgan fingerprint density at radius 1 is 1.14 bits per heavy atom. The fourth-order valence-electron chi connectivity index (χ4n) is 3.62. The van der Waals surface area contributed by atoms with Crippen LogP contribution in [-0.4, -0.2) is 41.8 Å². The van der Waals surface area contributed by atoms with Crippen LogP contribution in [0.5, 0.6) is 0 Å². The maximum Gasteiger partial charge on any atom is 0.305 e. The Bertz CT molecular complexity index is 1070. The van der Waals surface area contributed by atoms with Gasteiger partial charge in [-0.15, -0.1) is 0 Å². The maximum atomic E-state index is 14.7. The van der Waals surface area contributed by atoms with Gasteiger partial charge < -0.3 is 19.7 Å². The maximum absolute atomic E-state index is 14.7. The molecular formula is C28H39FO5Si. The Hall–Kier alpha value is -2.32. The molecule has 0 aliphatic rings. The molecule has 0 fully saturated rings. The van der Waals surface area contributed by atoms with Gasteiger partial charge in [0.25, 0.3) is 0 Å². The molecule has 0 bridgehead atoms. The molecule has 2 aromatic carbocycles. The molecule has 0 saturated carbocycles. The summed E-state index contributed by atoms with van der Waals surface area (Å²) in [6.07, 6.45) is 0.698. The highest BCUT2D eigenvalue weighted by molar-refractivity contribution is 6.74. The molecule has 3 N–H and O–H groups in total. The highest BCUT2D eigenvalue weighted by Gasteiger charge is 2.37. The van der Waals surface area contributed by atoms with Gasteiger partial charge in [-0.05, 0) is 66.4 Å². The Balaban J connectivity index is 2.37. The monoisotopic (exact) mass is 502 g/mol. The second kappa shape index (κ2) is 11.6. The molecular weight excluding hydrogens is 463 g/mol. The zero-order valence-electron chi connectivity index (χ0n) is 21.9. The summed E-state index contributed by atoms with van der Waals surface area (Å²) in [5.74, 6) is -1.42. The summed E-state index contributed by atoms with van der Waals surface area (Å²) in [5.41, 5.74) is 5.13. The number of aliphatic carboxylic acids is 1. The number of carboxylic acid groups (broad SMARTS) is 1. The van der Waals surface area contributed by atoms with E-state index < -0.39 is 32.9 Å². The van der Waals surface area contributed by atoms with E-state index in [4.69, 9.17) is 9.53 Å². The molecule has 0 aromatic heterocycles. The van der Waals surface area contributed by atoms with Crippen molar-refractivity contribution in [2.45, 2.75) is 84.4 Å². The van der Waals surface area contributed by atoms with E-state index >= 15 is 0 Å². The van der Waals surface area contributed by atoms with Crippen LogP contribution >= 0.6 is 0 Å². The Morgan fingerprint density at radius 3 is 2.40 bits per heavy atom. The fourth-order valence-corrected chi connectivity index (χ4v) is 4.57. The standard InChI is InChI=1S/C28H39FO5Si/c1-18-12-19(2)24(10-9-22(30)15-23(31)16-27(32)33)25(13-18)20-8-11-26(29)21(14-20)17-34-35(6,7)28(3,4)5/h8-14,22-23,30-31H,15-17H2,1-7H3,(H,32,33)/b10-9+. The Kier molecular flexibility index (Phi) is 9.59. The van der Waals surface area contributed by atoms with E-state index in [-0.39, 0.29) is 23.9 Å². The number of carbonyl (C=O) groups is 1. The number of hydrogen-bond donors (Lipinski definition) is 3. The third-order valence-corrected chi connectivity index (χ3v) is 11.2. The largest absolute Gasteiger partial charge is 0.481 e. The van der Waals surface area contributed by atoms with Crippen molar-refractivity contribution in [1.82, 2.24) is 0 Å². The fraction of sp³-hybridized carbons (Fsp3) is 0.464. The number of aliphatic hydroxyl groups is 2. The van der Waals surface area contributed by atoms with Gasteiger partial charge in [0, 0.05) is 12.0 Å². The number of hydrogen-bond acceptors (Lipinski definition) is 4. The van der Waals surface area contributed by atoms with Gasteiger partial charge >= 0.3 is 5.97 Å². The average Bonchev–Trinajstić information content (AvgIpc) is 2.70. The first-order valence-electron chi connectivity index (χ1n) is 11.9. The molecule has 5 nitrogen and oxygen atoms in total. The van der Waals surface area contributed by atoms with Crippen LogP contribution in [0.15, 0.2) is 36.4 Å². The smallest absolute Gasteiger partial charge is 0.305 e. The number of rotatable bonds is 10. The van der Waals surface area contributed by atoms with Gasteiger partial charge in [0.05, 0.1) is 25.2 Å². The van der Waals surface area contributed by atoms with Crippen LogP contribution in [0.3, 0.4) is 0 Å². The molecule has 0 amide bonds. The summed E-state index contributed by atoms with van der Waals surface area (Å²) < 4.78 is 21.0. The van der Waals surface area contributed by atoms with Gasteiger partial charge in [-0.3, -0.25) is 4.79 Å².